The average Bonchev–Trinajstić information content (AvgIpc) is 2.46. The molecule has 4 nitrogen and oxygen atoms in total. The van der Waals surface area contributed by atoms with Crippen LogP contribution in [0.5, 0.6) is 0 Å². The van der Waals surface area contributed by atoms with Gasteiger partial charge in [0.1, 0.15) is 0 Å². The number of halogens is 1. The van der Waals surface area contributed by atoms with E-state index in [-0.39, 0.29) is 5.91 Å². The molecule has 1 amide bonds. The number of benzene rings is 1. The average molecular weight is 353 g/mol. The summed E-state index contributed by atoms with van der Waals surface area (Å²) in [5.41, 5.74) is 2.10. The van der Waals surface area contributed by atoms with Crippen molar-refractivity contribution >= 4 is 27.5 Å². The molecule has 3 rings (SSSR count). The van der Waals surface area contributed by atoms with Gasteiger partial charge in [-0.15, -0.1) is 0 Å². The molecule has 0 aromatic heterocycles. The number of piperidine rings is 2. The summed E-state index contributed by atoms with van der Waals surface area (Å²) in [7, 11) is 0. The molecule has 0 bridgehead atoms. The molecule has 2 heterocycles. The first-order valence-corrected chi connectivity index (χ1v) is 8.35. The molecule has 2 fully saturated rings. The number of aliphatic hydroxyl groups excluding tert-OH is 1. The Labute approximate surface area is 133 Å². The summed E-state index contributed by atoms with van der Waals surface area (Å²) >= 11 is 3.63. The molecular weight excluding hydrogens is 332 g/mol. The topological polar surface area (TPSA) is 52.6 Å². The van der Waals surface area contributed by atoms with Gasteiger partial charge in [0.2, 0.25) is 5.91 Å². The van der Waals surface area contributed by atoms with Gasteiger partial charge in [0.15, 0.2) is 0 Å². The summed E-state index contributed by atoms with van der Waals surface area (Å²) in [5, 5.41) is 12.8. The minimum absolute atomic E-state index is 0.201. The number of fused-ring (bicyclic) bond motifs is 1. The first-order valence-electron chi connectivity index (χ1n) is 7.56. The van der Waals surface area contributed by atoms with Gasteiger partial charge in [-0.1, -0.05) is 6.07 Å². The third-order valence-electron chi connectivity index (χ3n) is 4.62. The van der Waals surface area contributed by atoms with E-state index in [9.17, 15) is 9.90 Å². The second-order valence-corrected chi connectivity index (χ2v) is 6.95. The third-order valence-corrected chi connectivity index (χ3v) is 5.25. The number of amides is 1. The Hall–Kier alpha value is -1.07. The van der Waals surface area contributed by atoms with Crippen molar-refractivity contribution in [2.24, 2.45) is 5.92 Å². The van der Waals surface area contributed by atoms with Crippen LogP contribution in [-0.4, -0.2) is 30.1 Å². The molecule has 0 saturated carbocycles. The van der Waals surface area contributed by atoms with E-state index < -0.39 is 6.10 Å². The molecule has 2 saturated heterocycles. The number of carbonyl (C=O) groups excluding carboxylic acids is 1. The lowest BCUT2D eigenvalue weighted by atomic mass is 9.85. The van der Waals surface area contributed by atoms with Crippen LogP contribution in [-0.2, 0) is 4.79 Å². The molecule has 2 aliphatic heterocycles. The van der Waals surface area contributed by atoms with Gasteiger partial charge in [-0.2, -0.15) is 0 Å². The highest BCUT2D eigenvalue weighted by molar-refractivity contribution is 9.10. The number of rotatable bonds is 2. The molecular formula is C16H21BrN2O2. The number of aliphatic hydroxyl groups is 1. The second-order valence-electron chi connectivity index (χ2n) is 6.09. The smallest absolute Gasteiger partial charge is 0.220 e. The zero-order chi connectivity index (χ0) is 15.0. The van der Waals surface area contributed by atoms with Gasteiger partial charge in [0.25, 0.3) is 0 Å². The molecule has 3 atom stereocenters. The molecule has 0 radical (unpaired) electrons. The number of nitrogens with zero attached hydrogens (tertiary/aromatic N) is 1. The van der Waals surface area contributed by atoms with E-state index in [4.69, 9.17) is 0 Å². The second kappa shape index (κ2) is 5.97. The monoisotopic (exact) mass is 352 g/mol. The molecule has 2 unspecified atom stereocenters. The van der Waals surface area contributed by atoms with Gasteiger partial charge in [-0.25, -0.2) is 0 Å². The van der Waals surface area contributed by atoms with Crippen molar-refractivity contribution in [3.8, 4) is 0 Å². The van der Waals surface area contributed by atoms with Crippen LogP contribution < -0.4 is 10.2 Å². The van der Waals surface area contributed by atoms with Crippen molar-refractivity contribution in [2.45, 2.75) is 38.3 Å². The van der Waals surface area contributed by atoms with Crippen LogP contribution >= 0.6 is 15.9 Å². The maximum absolute atomic E-state index is 11.5. The highest BCUT2D eigenvalue weighted by atomic mass is 79.9. The number of carbonyl (C=O) groups is 1. The van der Waals surface area contributed by atoms with E-state index in [0.29, 0.717) is 18.4 Å². The summed E-state index contributed by atoms with van der Waals surface area (Å²) < 4.78 is 1.03. The van der Waals surface area contributed by atoms with Crippen LogP contribution in [0.3, 0.4) is 0 Å². The summed E-state index contributed by atoms with van der Waals surface area (Å²) in [6, 6.07) is 6.40. The summed E-state index contributed by atoms with van der Waals surface area (Å²) in [6.45, 7) is 3.71. The molecule has 114 valence electrons. The van der Waals surface area contributed by atoms with Gasteiger partial charge < -0.3 is 15.3 Å². The van der Waals surface area contributed by atoms with Gasteiger partial charge in [0, 0.05) is 30.0 Å². The number of hydrogen-bond acceptors (Lipinski definition) is 3. The first kappa shape index (κ1) is 14.9. The fraction of sp³-hybridized carbons (Fsp3) is 0.562. The van der Waals surface area contributed by atoms with Crippen LogP contribution in [0.4, 0.5) is 5.69 Å². The quantitative estimate of drug-likeness (QED) is 0.860. The Balaban J connectivity index is 1.75. The number of nitrogens with one attached hydrogen (secondary N) is 1. The summed E-state index contributed by atoms with van der Waals surface area (Å²) in [4.78, 5) is 13.9. The molecule has 21 heavy (non-hydrogen) atoms. The fourth-order valence-electron chi connectivity index (χ4n) is 3.37. The van der Waals surface area contributed by atoms with Crippen molar-refractivity contribution in [3.63, 3.8) is 0 Å². The molecule has 1 aromatic carbocycles. The molecule has 2 N–H and O–H groups in total. The zero-order valence-corrected chi connectivity index (χ0v) is 13.8. The van der Waals surface area contributed by atoms with Crippen LogP contribution in [0, 0.1) is 5.92 Å². The number of hydrogen-bond donors (Lipinski definition) is 2. The van der Waals surface area contributed by atoms with Crippen LogP contribution in [0.15, 0.2) is 22.7 Å². The summed E-state index contributed by atoms with van der Waals surface area (Å²) in [6.07, 6.45) is 2.18. The molecule has 2 aliphatic rings. The highest BCUT2D eigenvalue weighted by Crippen LogP contribution is 2.34. The molecule has 0 spiro atoms. The predicted molar refractivity (Wildman–Crippen MR) is 86.3 cm³/mol. The minimum atomic E-state index is -0.449. The van der Waals surface area contributed by atoms with E-state index in [2.05, 4.69) is 32.2 Å². The lowest BCUT2D eigenvalue weighted by Gasteiger charge is -2.42. The van der Waals surface area contributed by atoms with Crippen molar-refractivity contribution in [3.05, 3.63) is 28.2 Å². The van der Waals surface area contributed by atoms with Crippen LogP contribution in [0.1, 0.15) is 37.9 Å². The maximum Gasteiger partial charge on any atom is 0.220 e. The minimum Gasteiger partial charge on any atom is -0.389 e. The van der Waals surface area contributed by atoms with Crippen molar-refractivity contribution < 1.29 is 9.90 Å². The third kappa shape index (κ3) is 3.09. The molecule has 0 aliphatic carbocycles. The van der Waals surface area contributed by atoms with Crippen molar-refractivity contribution in [1.29, 1.82) is 0 Å². The molecule has 1 aromatic rings. The van der Waals surface area contributed by atoms with E-state index in [1.54, 1.807) is 6.92 Å². The Morgan fingerprint density at radius 3 is 2.95 bits per heavy atom. The lowest BCUT2D eigenvalue weighted by molar-refractivity contribution is -0.124. The Kier molecular flexibility index (Phi) is 4.22. The Morgan fingerprint density at radius 1 is 1.43 bits per heavy atom. The van der Waals surface area contributed by atoms with E-state index >= 15 is 0 Å². The first-order chi connectivity index (χ1) is 10.0. The normalized spacial score (nSPS) is 27.0. The van der Waals surface area contributed by atoms with Crippen LogP contribution in [0.25, 0.3) is 0 Å². The van der Waals surface area contributed by atoms with Crippen molar-refractivity contribution in [2.75, 3.05) is 18.0 Å². The molecule has 5 heteroatoms. The SMILES string of the molecule is C[C@@H](O)c1ccc(N2CCC3NC(=O)CCC3C2)c(Br)c1. The van der Waals surface area contributed by atoms with E-state index in [1.807, 2.05) is 12.1 Å². The Morgan fingerprint density at radius 2 is 2.24 bits per heavy atom. The lowest BCUT2D eigenvalue weighted by Crippen LogP contribution is -2.54. The van der Waals surface area contributed by atoms with Gasteiger partial charge in [-0.3, -0.25) is 4.79 Å². The van der Waals surface area contributed by atoms with Crippen molar-refractivity contribution in [1.82, 2.24) is 5.32 Å². The van der Waals surface area contributed by atoms with E-state index in [1.165, 1.54) is 5.69 Å². The standard InChI is InChI=1S/C16H21BrN2O2/c1-10(20)11-2-4-15(13(17)8-11)19-7-6-14-12(9-19)3-5-16(21)18-14/h2,4,8,10,12,14,20H,3,5-7,9H2,1H3,(H,18,21)/t10-,12?,14?/m1/s1. The van der Waals surface area contributed by atoms with Gasteiger partial charge >= 0.3 is 0 Å². The Bertz CT molecular complexity index is 547. The largest absolute Gasteiger partial charge is 0.389 e. The van der Waals surface area contributed by atoms with Crippen LogP contribution in [0.2, 0.25) is 0 Å². The van der Waals surface area contributed by atoms with Gasteiger partial charge in [0.05, 0.1) is 11.8 Å². The van der Waals surface area contributed by atoms with Gasteiger partial charge in [-0.05, 0) is 59.3 Å². The summed E-state index contributed by atoms with van der Waals surface area (Å²) in [5.74, 6) is 0.743. The van der Waals surface area contributed by atoms with E-state index in [0.717, 1.165) is 36.0 Å². The highest BCUT2D eigenvalue weighted by Gasteiger charge is 2.34. The predicted octanol–water partition coefficient (Wildman–Crippen LogP) is 2.61. The zero-order valence-electron chi connectivity index (χ0n) is 12.2. The maximum atomic E-state index is 11.5. The number of anilines is 1. The fourth-order valence-corrected chi connectivity index (χ4v) is 4.02.